The van der Waals surface area contributed by atoms with Crippen molar-refractivity contribution in [3.63, 3.8) is 0 Å². The monoisotopic (exact) mass is 662 g/mol. The second-order valence-electron chi connectivity index (χ2n) is 15.0. The molecule has 0 radical (unpaired) electrons. The maximum absolute atomic E-state index is 4.66. The number of fused-ring (bicyclic) bond motifs is 4. The van der Waals surface area contributed by atoms with Crippen LogP contribution in [0.15, 0.2) is 96.3 Å². The zero-order valence-electron chi connectivity index (χ0n) is 31.1. The normalized spacial score (nSPS) is 12.3. The summed E-state index contributed by atoms with van der Waals surface area (Å²) < 4.78 is 0. The molecule has 0 aliphatic heterocycles. The lowest BCUT2D eigenvalue weighted by atomic mass is 9.89. The van der Waals surface area contributed by atoms with Crippen molar-refractivity contribution in [2.45, 2.75) is 104 Å². The highest BCUT2D eigenvalue weighted by Crippen LogP contribution is 2.42. The summed E-state index contributed by atoms with van der Waals surface area (Å²) in [6.45, 7) is 32.7. The Balaban J connectivity index is 2.03. The van der Waals surface area contributed by atoms with Gasteiger partial charge in [-0.2, -0.15) is 0 Å². The highest BCUT2D eigenvalue weighted by Gasteiger charge is 2.42. The average molecular weight is 663 g/mol. The van der Waals surface area contributed by atoms with Crippen LogP contribution in [0.5, 0.6) is 0 Å². The van der Waals surface area contributed by atoms with Gasteiger partial charge < -0.3 is 0 Å². The lowest BCUT2D eigenvalue weighted by molar-refractivity contribution is 0.909. The Bertz CT molecular complexity index is 1900. The van der Waals surface area contributed by atoms with Crippen LogP contribution in [-0.2, 0) is 0 Å². The zero-order chi connectivity index (χ0) is 35.0. The van der Waals surface area contributed by atoms with Crippen molar-refractivity contribution in [3.05, 3.63) is 107 Å². The summed E-state index contributed by atoms with van der Waals surface area (Å²) in [5, 5.41) is 12.4. The van der Waals surface area contributed by atoms with Gasteiger partial charge in [0.05, 0.1) is 0 Å². The molecule has 5 aromatic rings. The van der Waals surface area contributed by atoms with Crippen LogP contribution in [0.1, 0.15) is 93.2 Å². The topological polar surface area (TPSA) is 0 Å². The van der Waals surface area contributed by atoms with E-state index in [1.54, 1.807) is 0 Å². The predicted molar refractivity (Wildman–Crippen MR) is 221 cm³/mol. The largest absolute Gasteiger partial charge is 0.169 e. The minimum atomic E-state index is -2.20. The van der Waals surface area contributed by atoms with Gasteiger partial charge in [0.1, 0.15) is 0 Å². The van der Waals surface area contributed by atoms with E-state index >= 15 is 0 Å². The summed E-state index contributed by atoms with van der Waals surface area (Å²) in [6, 6.07) is 26.9. The van der Waals surface area contributed by atoms with E-state index in [4.69, 9.17) is 0 Å². The maximum atomic E-state index is 4.66. The molecule has 5 rings (SSSR count). The molecule has 0 fully saturated rings. The summed E-state index contributed by atoms with van der Waals surface area (Å²) in [5.41, 5.74) is 12.2. The van der Waals surface area contributed by atoms with E-state index in [1.807, 2.05) is 0 Å². The number of hydrogen-bond acceptors (Lipinski definition) is 0. The second kappa shape index (κ2) is 14.0. The van der Waals surface area contributed by atoms with Gasteiger partial charge in [-0.05, 0) is 102 Å². The van der Waals surface area contributed by atoms with Gasteiger partial charge in [-0.25, -0.2) is 0 Å². The van der Waals surface area contributed by atoms with Gasteiger partial charge in [-0.3, -0.25) is 0 Å². The van der Waals surface area contributed by atoms with Crippen molar-refractivity contribution in [2.75, 3.05) is 0 Å². The molecular weight excluding hydrogens is 609 g/mol. The molecule has 0 saturated heterocycles. The molecule has 0 unspecified atom stereocenters. The molecule has 0 spiro atoms. The van der Waals surface area contributed by atoms with Crippen LogP contribution in [0.25, 0.3) is 43.1 Å². The summed E-state index contributed by atoms with van der Waals surface area (Å²) in [6.07, 6.45) is 1.95. The highest BCUT2D eigenvalue weighted by molar-refractivity contribution is 6.96. The third kappa shape index (κ3) is 5.89. The first-order chi connectivity index (χ1) is 22.8. The summed E-state index contributed by atoms with van der Waals surface area (Å²) >= 11 is 0. The van der Waals surface area contributed by atoms with E-state index in [-0.39, 0.29) is 0 Å². The number of benzene rings is 5. The standard InChI is InChI=1S/C46H54Si2/c1-13-35(11)47(31(3)4,32(5)6)25-23-41-43-27-37-19-15-17-21-39(37)29-45(43)42(24-26-48(33(7)8,34(9)10)36(12)14-2)46-30-40-22-18-16-20-38(40)28-44(41)46/h15-22,27-34H,11-14H2,1-10H3. The van der Waals surface area contributed by atoms with Gasteiger partial charge >= 0.3 is 0 Å². The van der Waals surface area contributed by atoms with Crippen molar-refractivity contribution < 1.29 is 0 Å². The van der Waals surface area contributed by atoms with Crippen molar-refractivity contribution >= 4 is 59.2 Å². The average Bonchev–Trinajstić information content (AvgIpc) is 3.06. The van der Waals surface area contributed by atoms with Crippen molar-refractivity contribution in [1.82, 2.24) is 0 Å². The molecule has 2 heteroatoms. The summed E-state index contributed by atoms with van der Waals surface area (Å²) in [7, 11) is -4.40. The van der Waals surface area contributed by atoms with Crippen LogP contribution in [0.4, 0.5) is 0 Å². The molecule has 5 aromatic carbocycles. The van der Waals surface area contributed by atoms with Crippen molar-refractivity contribution in [3.8, 4) is 22.9 Å². The molecule has 0 atom stereocenters. The quantitative estimate of drug-likeness (QED) is 0.0881. The molecule has 0 bridgehead atoms. The lowest BCUT2D eigenvalue weighted by Crippen LogP contribution is -2.42. The Labute approximate surface area is 292 Å². The molecule has 246 valence electrons. The SMILES string of the molecule is C=C(CC)[Si](C#Cc1c2cc3ccccc3cc2c(C#C[Si](C(=C)CC)(C(C)C)C(C)C)c2cc3ccccc3cc12)(C(C)C)C(C)C. The fraction of sp³-hybridized carbons (Fsp3) is 0.348. The van der Waals surface area contributed by atoms with Crippen LogP contribution in [0, 0.1) is 22.9 Å². The predicted octanol–water partition coefficient (Wildman–Crippen LogP) is 13.6. The second-order valence-corrected chi connectivity index (χ2v) is 25.0. The van der Waals surface area contributed by atoms with Crippen LogP contribution in [-0.4, -0.2) is 16.1 Å². The molecule has 0 amide bonds. The van der Waals surface area contributed by atoms with E-state index in [0.29, 0.717) is 22.2 Å². The first kappa shape index (κ1) is 35.5. The van der Waals surface area contributed by atoms with Gasteiger partial charge in [-0.15, -0.1) is 24.2 Å². The number of allylic oxidation sites excluding steroid dienone is 2. The summed E-state index contributed by atoms with van der Waals surface area (Å²) in [4.78, 5) is 0. The van der Waals surface area contributed by atoms with E-state index in [0.717, 1.165) is 24.0 Å². The van der Waals surface area contributed by atoms with Gasteiger partial charge in [0.2, 0.25) is 0 Å². The Kier molecular flexibility index (Phi) is 10.3. The smallest absolute Gasteiger partial charge is 0.120 e. The third-order valence-electron chi connectivity index (χ3n) is 11.3. The van der Waals surface area contributed by atoms with Crippen LogP contribution in [0.2, 0.25) is 22.2 Å². The zero-order valence-corrected chi connectivity index (χ0v) is 33.1. The maximum Gasteiger partial charge on any atom is 0.169 e. The van der Waals surface area contributed by atoms with Gasteiger partial charge in [0.15, 0.2) is 16.1 Å². The molecule has 0 N–H and O–H groups in total. The van der Waals surface area contributed by atoms with E-state index in [2.05, 4.69) is 178 Å². The minimum absolute atomic E-state index is 0.471. The Hall–Kier alpha value is -3.83. The third-order valence-corrected chi connectivity index (χ3v) is 22.7. The first-order valence-corrected chi connectivity index (χ1v) is 22.4. The molecule has 0 saturated carbocycles. The molecule has 0 heterocycles. The fourth-order valence-electron chi connectivity index (χ4n) is 8.50. The van der Waals surface area contributed by atoms with Crippen molar-refractivity contribution in [1.29, 1.82) is 0 Å². The van der Waals surface area contributed by atoms with Crippen molar-refractivity contribution in [2.24, 2.45) is 0 Å². The lowest BCUT2D eigenvalue weighted by Gasteiger charge is -2.36. The van der Waals surface area contributed by atoms with Crippen LogP contribution < -0.4 is 0 Å². The van der Waals surface area contributed by atoms with E-state index in [1.165, 1.54) is 53.5 Å². The van der Waals surface area contributed by atoms with Gasteiger partial charge in [0, 0.05) is 11.1 Å². The van der Waals surface area contributed by atoms with Gasteiger partial charge in [-0.1, -0.05) is 140 Å². The van der Waals surface area contributed by atoms with Gasteiger partial charge in [0.25, 0.3) is 0 Å². The number of hydrogen-bond donors (Lipinski definition) is 0. The highest BCUT2D eigenvalue weighted by atomic mass is 28.3. The Morgan fingerprint density at radius 1 is 0.500 bits per heavy atom. The Morgan fingerprint density at radius 3 is 0.958 bits per heavy atom. The number of rotatable bonds is 8. The van der Waals surface area contributed by atoms with E-state index < -0.39 is 16.1 Å². The van der Waals surface area contributed by atoms with Crippen LogP contribution >= 0.6 is 0 Å². The molecular formula is C46H54Si2. The Morgan fingerprint density at radius 2 is 0.750 bits per heavy atom. The molecule has 48 heavy (non-hydrogen) atoms. The molecule has 0 aromatic heterocycles. The first-order valence-electron chi connectivity index (χ1n) is 18.1. The fourth-order valence-corrected chi connectivity index (χ4v) is 17.8. The van der Waals surface area contributed by atoms with Crippen LogP contribution in [0.3, 0.4) is 0 Å². The molecule has 0 nitrogen and oxygen atoms in total. The molecule has 0 aliphatic rings. The summed E-state index contributed by atoms with van der Waals surface area (Å²) in [5.74, 6) is 7.88. The van der Waals surface area contributed by atoms with E-state index in [9.17, 15) is 0 Å². The molecule has 0 aliphatic carbocycles. The minimum Gasteiger partial charge on any atom is -0.120 e.